The summed E-state index contributed by atoms with van der Waals surface area (Å²) in [6.45, 7) is 1.42. The zero-order valence-corrected chi connectivity index (χ0v) is 8.27. The average molecular weight is 173 g/mol. The zero-order valence-electron chi connectivity index (χ0n) is 6.27. The van der Waals surface area contributed by atoms with E-state index in [1.807, 2.05) is 0 Å². The minimum atomic E-state index is -2.08. The van der Waals surface area contributed by atoms with E-state index < -0.39 is 18.2 Å². The van der Waals surface area contributed by atoms with Crippen LogP contribution in [-0.4, -0.2) is 28.4 Å². The molecule has 0 heterocycles. The summed E-state index contributed by atoms with van der Waals surface area (Å²) < 4.78 is 0. The van der Waals surface area contributed by atoms with Gasteiger partial charge in [-0.15, -0.1) is 0 Å². The van der Waals surface area contributed by atoms with Crippen LogP contribution in [0.2, 0.25) is 0 Å². The molecule has 0 aliphatic heterocycles. The third-order valence-corrected chi connectivity index (χ3v) is 0.390. The first kappa shape index (κ1) is 17.0. The second-order valence-corrected chi connectivity index (χ2v) is 1.39. The van der Waals surface area contributed by atoms with E-state index in [1.54, 1.807) is 0 Å². The Balaban J connectivity index is -0.000000114. The maximum atomic E-state index is 9.57. The van der Waals surface area contributed by atoms with Crippen molar-refractivity contribution in [2.75, 3.05) is 0 Å². The smallest absolute Gasteiger partial charge is 0.565 e. The molecule has 0 aromatic rings. The van der Waals surface area contributed by atoms with Crippen LogP contribution in [0.4, 0.5) is 4.79 Å². The number of carboxylic acid groups (broad SMARTS) is 3. The Morgan fingerprint density at radius 3 is 1.55 bits per heavy atom. The SMILES string of the molecule is C[C@H](N)C(=O)O.O=C([O-])O.[Na+]. The van der Waals surface area contributed by atoms with E-state index >= 15 is 0 Å². The van der Waals surface area contributed by atoms with E-state index in [0.717, 1.165) is 0 Å². The molecular weight excluding hydrogens is 165 g/mol. The summed E-state index contributed by atoms with van der Waals surface area (Å²) >= 11 is 0. The molecular formula is C4H8NNaO5. The van der Waals surface area contributed by atoms with Gasteiger partial charge in [0.15, 0.2) is 0 Å². The van der Waals surface area contributed by atoms with Crippen molar-refractivity contribution in [3.63, 3.8) is 0 Å². The summed E-state index contributed by atoms with van der Waals surface area (Å²) in [6, 6.07) is -0.731. The van der Waals surface area contributed by atoms with Crippen LogP contribution in [0, 0.1) is 0 Å². The van der Waals surface area contributed by atoms with E-state index in [4.69, 9.17) is 25.8 Å². The van der Waals surface area contributed by atoms with Gasteiger partial charge in [0.25, 0.3) is 0 Å². The van der Waals surface area contributed by atoms with Gasteiger partial charge in [-0.25, -0.2) is 0 Å². The number of aliphatic carboxylic acids is 1. The number of nitrogens with two attached hydrogens (primary N) is 1. The zero-order chi connectivity index (χ0) is 8.73. The third kappa shape index (κ3) is 42.0. The summed E-state index contributed by atoms with van der Waals surface area (Å²) in [6.07, 6.45) is -2.08. The average Bonchev–Trinajstić information content (AvgIpc) is 1.63. The van der Waals surface area contributed by atoms with Gasteiger partial charge in [-0.1, -0.05) is 0 Å². The molecule has 1 atom stereocenters. The van der Waals surface area contributed by atoms with E-state index in [2.05, 4.69) is 0 Å². The summed E-state index contributed by atoms with van der Waals surface area (Å²) in [5.74, 6) is -0.963. The molecule has 6 nitrogen and oxygen atoms in total. The summed E-state index contributed by atoms with van der Waals surface area (Å²) in [5, 5.41) is 23.2. The molecule has 11 heavy (non-hydrogen) atoms. The molecule has 0 radical (unpaired) electrons. The van der Waals surface area contributed by atoms with Crippen molar-refractivity contribution in [1.29, 1.82) is 0 Å². The third-order valence-electron chi connectivity index (χ3n) is 0.390. The molecule has 60 valence electrons. The molecule has 0 rings (SSSR count). The van der Waals surface area contributed by atoms with E-state index in [9.17, 15) is 4.79 Å². The Labute approximate surface area is 85.3 Å². The Bertz CT molecular complexity index is 122. The fourth-order valence-corrected chi connectivity index (χ4v) is 0. The molecule has 4 N–H and O–H groups in total. The predicted octanol–water partition coefficient (Wildman–Crippen LogP) is -4.69. The topological polar surface area (TPSA) is 124 Å². The molecule has 0 aliphatic rings. The largest absolute Gasteiger partial charge is 1.00 e. The Morgan fingerprint density at radius 1 is 1.45 bits per heavy atom. The van der Waals surface area contributed by atoms with Crippen molar-refractivity contribution in [1.82, 2.24) is 0 Å². The van der Waals surface area contributed by atoms with E-state index in [0.29, 0.717) is 0 Å². The van der Waals surface area contributed by atoms with Gasteiger partial charge in [0, 0.05) is 0 Å². The van der Waals surface area contributed by atoms with Crippen LogP contribution in [0.15, 0.2) is 0 Å². The molecule has 0 saturated heterocycles. The van der Waals surface area contributed by atoms with Crippen molar-refractivity contribution in [3.05, 3.63) is 0 Å². The van der Waals surface area contributed by atoms with Gasteiger partial charge < -0.3 is 25.8 Å². The maximum absolute atomic E-state index is 9.57. The van der Waals surface area contributed by atoms with Crippen LogP contribution < -0.4 is 40.4 Å². The first-order valence-corrected chi connectivity index (χ1v) is 2.26. The van der Waals surface area contributed by atoms with Gasteiger partial charge in [-0.2, -0.15) is 0 Å². The number of carbonyl (C=O) groups is 2. The Hall–Kier alpha value is -0.300. The number of carboxylic acids is 1. The molecule has 0 fully saturated rings. The molecule has 0 saturated carbocycles. The van der Waals surface area contributed by atoms with Gasteiger partial charge in [0.2, 0.25) is 6.16 Å². The molecule has 0 bridgehead atoms. The van der Waals surface area contributed by atoms with Crippen LogP contribution in [-0.2, 0) is 4.79 Å². The maximum Gasteiger partial charge on any atom is 1.00 e. The first-order valence-electron chi connectivity index (χ1n) is 2.26. The molecule has 0 aliphatic carbocycles. The molecule has 0 aromatic heterocycles. The second kappa shape index (κ2) is 9.70. The van der Waals surface area contributed by atoms with Crippen molar-refractivity contribution in [3.8, 4) is 0 Å². The Morgan fingerprint density at radius 2 is 1.55 bits per heavy atom. The molecule has 7 heteroatoms. The van der Waals surface area contributed by atoms with E-state index in [-0.39, 0.29) is 29.6 Å². The monoisotopic (exact) mass is 173 g/mol. The van der Waals surface area contributed by atoms with Gasteiger partial charge >= 0.3 is 35.5 Å². The molecule has 0 unspecified atom stereocenters. The van der Waals surface area contributed by atoms with E-state index in [1.165, 1.54) is 6.92 Å². The molecule has 0 aromatic carbocycles. The van der Waals surface area contributed by atoms with Crippen LogP contribution in [0.1, 0.15) is 6.92 Å². The summed E-state index contributed by atoms with van der Waals surface area (Å²) in [4.78, 5) is 18.0. The number of hydrogen-bond donors (Lipinski definition) is 3. The normalized spacial score (nSPS) is 9.64. The van der Waals surface area contributed by atoms with Gasteiger partial charge in [0.1, 0.15) is 6.04 Å². The minimum absolute atomic E-state index is 0. The quantitative estimate of drug-likeness (QED) is 0.342. The van der Waals surface area contributed by atoms with Crippen molar-refractivity contribution < 1.29 is 54.5 Å². The van der Waals surface area contributed by atoms with Crippen LogP contribution in [0.5, 0.6) is 0 Å². The van der Waals surface area contributed by atoms with Gasteiger partial charge in [0.05, 0.1) is 0 Å². The standard InChI is InChI=1S/C3H7NO2.CH2O3.Na/c1-2(4)3(5)6;2-1(3)4;/h2H,4H2,1H3,(H,5,6);(H2,2,3,4);/q;;+1/p-1/t2-;;/m0../s1. The van der Waals surface area contributed by atoms with Gasteiger partial charge in [-0.3, -0.25) is 4.79 Å². The minimum Gasteiger partial charge on any atom is -0.565 e. The molecule has 0 spiro atoms. The summed E-state index contributed by atoms with van der Waals surface area (Å²) in [7, 11) is 0. The fourth-order valence-electron chi connectivity index (χ4n) is 0. The number of hydrogen-bond acceptors (Lipinski definition) is 4. The molecule has 0 amide bonds. The summed E-state index contributed by atoms with van der Waals surface area (Å²) in [5.41, 5.74) is 4.84. The van der Waals surface area contributed by atoms with Crippen molar-refractivity contribution >= 4 is 12.1 Å². The number of rotatable bonds is 1. The predicted molar refractivity (Wildman–Crippen MR) is 29.3 cm³/mol. The first-order chi connectivity index (χ1) is 4.37. The second-order valence-electron chi connectivity index (χ2n) is 1.39. The van der Waals surface area contributed by atoms with Crippen molar-refractivity contribution in [2.24, 2.45) is 5.73 Å². The van der Waals surface area contributed by atoms with Crippen LogP contribution >= 0.6 is 0 Å². The van der Waals surface area contributed by atoms with Gasteiger partial charge in [-0.05, 0) is 6.92 Å². The van der Waals surface area contributed by atoms with Crippen molar-refractivity contribution in [2.45, 2.75) is 13.0 Å². The van der Waals surface area contributed by atoms with Crippen LogP contribution in [0.25, 0.3) is 0 Å². The fraction of sp³-hybridized carbons (Fsp3) is 0.500. The van der Waals surface area contributed by atoms with Crippen LogP contribution in [0.3, 0.4) is 0 Å². The Kier molecular flexibility index (Phi) is 15.0.